The molecule has 2 fully saturated rings. The fourth-order valence-corrected chi connectivity index (χ4v) is 8.64. The van der Waals surface area contributed by atoms with Gasteiger partial charge in [-0.3, -0.25) is 4.68 Å². The van der Waals surface area contributed by atoms with Gasteiger partial charge in [0.1, 0.15) is 6.17 Å². The summed E-state index contributed by atoms with van der Waals surface area (Å²) < 4.78 is 83.8. The van der Waals surface area contributed by atoms with Gasteiger partial charge in [-0.15, -0.1) is 11.8 Å². The van der Waals surface area contributed by atoms with Crippen molar-refractivity contribution in [2.45, 2.75) is 74.6 Å². The lowest BCUT2D eigenvalue weighted by molar-refractivity contribution is -0.139. The van der Waals surface area contributed by atoms with E-state index < -0.39 is 34.0 Å². The summed E-state index contributed by atoms with van der Waals surface area (Å²) in [5.74, 6) is 0.413. The summed E-state index contributed by atoms with van der Waals surface area (Å²) >= 11 is 1.11. The van der Waals surface area contributed by atoms with E-state index in [0.717, 1.165) is 55.7 Å². The number of likely N-dealkylation sites (tertiary alicyclic amines) is 2. The average Bonchev–Trinajstić information content (AvgIpc) is 3.34. The van der Waals surface area contributed by atoms with Crippen molar-refractivity contribution in [3.8, 4) is 11.3 Å². The molecule has 0 unspecified atom stereocenters. The van der Waals surface area contributed by atoms with Crippen LogP contribution in [0.2, 0.25) is 0 Å². The SMILES string of the molecule is CN(C)C1CCN(C[C@H](O)Cn2nc(-c3ccc(C(F)(F)F)c(SCCN4CCC(F)CC4)c3)c3c2CCN(S(C)(=O)=O)C3)CC1. The Balaban J connectivity index is 1.39. The number of hydrogen-bond donors (Lipinski definition) is 1. The van der Waals surface area contributed by atoms with Crippen LogP contribution in [0.5, 0.6) is 0 Å². The number of thioether (sulfide) groups is 1. The second kappa shape index (κ2) is 14.8. The molecule has 1 N–H and O–H groups in total. The third-order valence-corrected chi connectivity index (χ3v) is 11.7. The minimum atomic E-state index is -4.55. The molecule has 3 aliphatic rings. The zero-order chi connectivity index (χ0) is 33.2. The highest BCUT2D eigenvalue weighted by atomic mass is 32.2. The Morgan fingerprint density at radius 3 is 2.35 bits per heavy atom. The van der Waals surface area contributed by atoms with E-state index in [9.17, 15) is 31.1 Å². The number of β-amino-alcohol motifs (C(OH)–C–C–N with tert-alkyl or cyclic N) is 1. The van der Waals surface area contributed by atoms with Gasteiger partial charge in [-0.25, -0.2) is 12.8 Å². The Morgan fingerprint density at radius 2 is 1.72 bits per heavy atom. The predicted molar refractivity (Wildman–Crippen MR) is 172 cm³/mol. The zero-order valence-electron chi connectivity index (χ0n) is 26.8. The number of halogens is 4. The molecule has 1 atom stereocenters. The van der Waals surface area contributed by atoms with Gasteiger partial charge in [0.2, 0.25) is 10.0 Å². The Morgan fingerprint density at radius 1 is 1.04 bits per heavy atom. The summed E-state index contributed by atoms with van der Waals surface area (Å²) in [6.07, 6.45) is -1.64. The number of benzene rings is 1. The van der Waals surface area contributed by atoms with E-state index in [2.05, 4.69) is 28.8 Å². The highest BCUT2D eigenvalue weighted by molar-refractivity contribution is 7.99. The number of hydrogen-bond acceptors (Lipinski definition) is 8. The molecule has 2 saturated heterocycles. The van der Waals surface area contributed by atoms with E-state index in [1.54, 1.807) is 4.68 Å². The smallest absolute Gasteiger partial charge is 0.390 e. The maximum absolute atomic E-state index is 14.1. The highest BCUT2D eigenvalue weighted by Crippen LogP contribution is 2.40. The Kier molecular flexibility index (Phi) is 11.4. The normalized spacial score (nSPS) is 20.8. The molecule has 9 nitrogen and oxygen atoms in total. The number of aromatic nitrogens is 2. The summed E-state index contributed by atoms with van der Waals surface area (Å²) in [6, 6.07) is 4.49. The molecular formula is C31H46F4N6O3S2. The molecule has 5 rings (SSSR count). The first-order valence-corrected chi connectivity index (χ1v) is 18.8. The quantitative estimate of drug-likeness (QED) is 0.282. The van der Waals surface area contributed by atoms with Gasteiger partial charge in [0, 0.05) is 79.2 Å². The minimum Gasteiger partial charge on any atom is -0.390 e. The molecule has 0 amide bonds. The Bertz CT molecular complexity index is 1440. The average molecular weight is 691 g/mol. The van der Waals surface area contributed by atoms with Crippen molar-refractivity contribution < 1.29 is 31.1 Å². The van der Waals surface area contributed by atoms with Crippen molar-refractivity contribution in [1.82, 2.24) is 28.8 Å². The van der Waals surface area contributed by atoms with Crippen LogP contribution in [0.3, 0.4) is 0 Å². The topological polar surface area (TPSA) is 85.2 Å². The van der Waals surface area contributed by atoms with E-state index in [-0.39, 0.29) is 24.5 Å². The lowest BCUT2D eigenvalue weighted by atomic mass is 10.0. The van der Waals surface area contributed by atoms with Crippen LogP contribution >= 0.6 is 11.8 Å². The van der Waals surface area contributed by atoms with Crippen molar-refractivity contribution in [2.75, 3.05) is 71.9 Å². The van der Waals surface area contributed by atoms with Crippen molar-refractivity contribution in [3.05, 3.63) is 35.0 Å². The summed E-state index contributed by atoms with van der Waals surface area (Å²) in [5, 5.41) is 15.9. The summed E-state index contributed by atoms with van der Waals surface area (Å²) in [7, 11) is 0.642. The molecular weight excluding hydrogens is 645 g/mol. The maximum Gasteiger partial charge on any atom is 0.417 e. The number of aliphatic hydroxyl groups is 1. The molecule has 1 aromatic carbocycles. The third-order valence-electron chi connectivity index (χ3n) is 9.45. The van der Waals surface area contributed by atoms with Gasteiger partial charge in [0.05, 0.1) is 30.2 Å². The van der Waals surface area contributed by atoms with Gasteiger partial charge in [-0.2, -0.15) is 22.6 Å². The van der Waals surface area contributed by atoms with Crippen molar-refractivity contribution in [3.63, 3.8) is 0 Å². The van der Waals surface area contributed by atoms with Gasteiger partial charge < -0.3 is 19.8 Å². The summed E-state index contributed by atoms with van der Waals surface area (Å²) in [5.41, 5.74) is 1.62. The molecule has 258 valence electrons. The second-order valence-electron chi connectivity index (χ2n) is 13.0. The van der Waals surface area contributed by atoms with Crippen LogP contribution in [-0.4, -0.2) is 133 Å². The number of alkyl halides is 4. The van der Waals surface area contributed by atoms with E-state index in [0.29, 0.717) is 74.1 Å². The number of aliphatic hydroxyl groups excluding tert-OH is 1. The molecule has 0 radical (unpaired) electrons. The van der Waals surface area contributed by atoms with Crippen LogP contribution < -0.4 is 0 Å². The number of sulfonamides is 1. The van der Waals surface area contributed by atoms with Crippen molar-refractivity contribution >= 4 is 21.8 Å². The fraction of sp³-hybridized carbons (Fsp3) is 0.710. The lowest BCUT2D eigenvalue weighted by Crippen LogP contribution is -2.45. The maximum atomic E-state index is 14.1. The lowest BCUT2D eigenvalue weighted by Gasteiger charge is -2.36. The van der Waals surface area contributed by atoms with Crippen molar-refractivity contribution in [1.29, 1.82) is 0 Å². The number of fused-ring (bicyclic) bond motifs is 1. The molecule has 0 aliphatic carbocycles. The van der Waals surface area contributed by atoms with Gasteiger partial charge in [0.25, 0.3) is 0 Å². The van der Waals surface area contributed by atoms with Crippen LogP contribution in [0.1, 0.15) is 42.5 Å². The molecule has 4 heterocycles. The Hall–Kier alpha value is -1.75. The van der Waals surface area contributed by atoms with Crippen LogP contribution in [0.4, 0.5) is 17.6 Å². The number of nitrogens with zero attached hydrogens (tertiary/aromatic N) is 6. The van der Waals surface area contributed by atoms with E-state index >= 15 is 0 Å². The van der Waals surface area contributed by atoms with Gasteiger partial charge >= 0.3 is 6.18 Å². The molecule has 3 aliphatic heterocycles. The molecule has 46 heavy (non-hydrogen) atoms. The largest absolute Gasteiger partial charge is 0.417 e. The molecule has 2 aromatic rings. The van der Waals surface area contributed by atoms with Gasteiger partial charge in [0.15, 0.2) is 0 Å². The third kappa shape index (κ3) is 8.83. The molecule has 15 heteroatoms. The van der Waals surface area contributed by atoms with E-state index in [4.69, 9.17) is 5.10 Å². The fourth-order valence-electron chi connectivity index (χ4n) is 6.74. The number of rotatable bonds is 11. The second-order valence-corrected chi connectivity index (χ2v) is 16.1. The van der Waals surface area contributed by atoms with Gasteiger partial charge in [-0.05, 0) is 65.0 Å². The van der Waals surface area contributed by atoms with Gasteiger partial charge in [-0.1, -0.05) is 6.07 Å². The first-order chi connectivity index (χ1) is 21.7. The monoisotopic (exact) mass is 690 g/mol. The number of piperidine rings is 2. The zero-order valence-corrected chi connectivity index (χ0v) is 28.5. The molecule has 0 spiro atoms. The Labute approximate surface area is 273 Å². The minimum absolute atomic E-state index is 0.0612. The predicted octanol–water partition coefficient (Wildman–Crippen LogP) is 3.80. The van der Waals surface area contributed by atoms with Crippen LogP contribution in [0.25, 0.3) is 11.3 Å². The summed E-state index contributed by atoms with van der Waals surface area (Å²) in [6.45, 7) is 4.50. The molecule has 0 saturated carbocycles. The first kappa shape index (κ1) is 35.6. The molecule has 0 bridgehead atoms. The highest BCUT2D eigenvalue weighted by Gasteiger charge is 2.35. The van der Waals surface area contributed by atoms with Crippen LogP contribution in [-0.2, 0) is 35.7 Å². The van der Waals surface area contributed by atoms with Crippen molar-refractivity contribution in [2.24, 2.45) is 0 Å². The standard InChI is InChI=1S/C31H46F4N6O3S2/c1-37(2)24-8-13-39(14-9-24)19-25(42)20-41-28-10-15-40(46(3,43)44)21-26(28)30(36-41)22-4-5-27(31(33,34)35)29(18-22)45-17-16-38-11-6-23(32)7-12-38/h4-5,18,23-25,42H,6-17,19-21H2,1-3H3/t25-/m0/s1. The van der Waals surface area contributed by atoms with Crippen LogP contribution in [0, 0.1) is 0 Å². The van der Waals surface area contributed by atoms with E-state index in [1.807, 2.05) is 0 Å². The molecule has 1 aromatic heterocycles. The summed E-state index contributed by atoms with van der Waals surface area (Å²) in [4.78, 5) is 6.62. The van der Waals surface area contributed by atoms with Crippen LogP contribution in [0.15, 0.2) is 23.1 Å². The first-order valence-electron chi connectivity index (χ1n) is 16.0. The van der Waals surface area contributed by atoms with E-state index in [1.165, 1.54) is 16.4 Å².